The van der Waals surface area contributed by atoms with Gasteiger partial charge in [0.15, 0.2) is 0 Å². The van der Waals surface area contributed by atoms with Crippen LogP contribution in [-0.4, -0.2) is 25.5 Å². The summed E-state index contributed by atoms with van der Waals surface area (Å²) in [5.41, 5.74) is 0.732. The van der Waals surface area contributed by atoms with Gasteiger partial charge in [-0.1, -0.05) is 0 Å². The summed E-state index contributed by atoms with van der Waals surface area (Å²) in [6.07, 6.45) is 0.867. The van der Waals surface area contributed by atoms with Crippen molar-refractivity contribution < 1.29 is 9.18 Å². The van der Waals surface area contributed by atoms with E-state index in [1.807, 2.05) is 6.92 Å². The third-order valence-corrected chi connectivity index (χ3v) is 3.39. The highest BCUT2D eigenvalue weighted by molar-refractivity contribution is 5.95. The van der Waals surface area contributed by atoms with E-state index in [9.17, 15) is 9.18 Å². The Morgan fingerprint density at radius 1 is 1.41 bits per heavy atom. The zero-order valence-electron chi connectivity index (χ0n) is 10.1. The van der Waals surface area contributed by atoms with Gasteiger partial charge in [0.05, 0.1) is 5.92 Å². The van der Waals surface area contributed by atoms with Gasteiger partial charge in [0.2, 0.25) is 5.91 Å². The summed E-state index contributed by atoms with van der Waals surface area (Å²) < 4.78 is 12.8. The normalized spacial score (nSPS) is 23.7. The molecule has 2 atom stereocenters. The molecule has 2 unspecified atom stereocenters. The Balaban J connectivity index is 2.11. The summed E-state index contributed by atoms with van der Waals surface area (Å²) in [7, 11) is 1.74. The van der Waals surface area contributed by atoms with E-state index in [-0.39, 0.29) is 23.7 Å². The van der Waals surface area contributed by atoms with Crippen LogP contribution >= 0.6 is 0 Å². The zero-order valence-corrected chi connectivity index (χ0v) is 10.1. The molecule has 1 N–H and O–H groups in total. The number of halogens is 1. The van der Waals surface area contributed by atoms with Crippen molar-refractivity contribution in [3.05, 3.63) is 30.1 Å². The topological polar surface area (TPSA) is 32.3 Å². The number of hydrogen-bond acceptors (Lipinski definition) is 2. The second kappa shape index (κ2) is 4.84. The Morgan fingerprint density at radius 2 is 2.06 bits per heavy atom. The molecule has 0 bridgehead atoms. The summed E-state index contributed by atoms with van der Waals surface area (Å²) in [6, 6.07) is 6.20. The molecule has 1 fully saturated rings. The second-order valence-electron chi connectivity index (χ2n) is 4.51. The second-order valence-corrected chi connectivity index (χ2v) is 4.51. The first-order valence-electron chi connectivity index (χ1n) is 5.86. The molecule has 0 radical (unpaired) electrons. The number of anilines is 1. The van der Waals surface area contributed by atoms with E-state index in [4.69, 9.17) is 0 Å². The number of benzene rings is 1. The van der Waals surface area contributed by atoms with Crippen LogP contribution in [0.2, 0.25) is 0 Å². The third kappa shape index (κ3) is 2.47. The number of nitrogens with one attached hydrogen (secondary N) is 1. The maximum Gasteiger partial charge on any atom is 0.231 e. The van der Waals surface area contributed by atoms with Crippen molar-refractivity contribution in [1.29, 1.82) is 0 Å². The fourth-order valence-corrected chi connectivity index (χ4v) is 2.24. The van der Waals surface area contributed by atoms with Gasteiger partial charge in [-0.2, -0.15) is 0 Å². The molecule has 0 spiro atoms. The first-order chi connectivity index (χ1) is 8.09. The van der Waals surface area contributed by atoms with Crippen molar-refractivity contribution >= 4 is 11.6 Å². The highest BCUT2D eigenvalue weighted by atomic mass is 19.1. The Labute approximate surface area is 101 Å². The Bertz CT molecular complexity index is 404. The van der Waals surface area contributed by atoms with E-state index in [2.05, 4.69) is 5.32 Å². The SMILES string of the molecule is CC1NCCC1C(=O)N(C)c1ccc(F)cc1. The Hall–Kier alpha value is -1.42. The number of amides is 1. The van der Waals surface area contributed by atoms with Crippen LogP contribution in [0.1, 0.15) is 13.3 Å². The number of hydrogen-bond donors (Lipinski definition) is 1. The van der Waals surface area contributed by atoms with Gasteiger partial charge in [-0.15, -0.1) is 0 Å². The molecule has 2 rings (SSSR count). The molecule has 3 nitrogen and oxygen atoms in total. The van der Waals surface area contributed by atoms with Gasteiger partial charge in [-0.3, -0.25) is 4.79 Å². The minimum Gasteiger partial charge on any atom is -0.315 e. The molecular weight excluding hydrogens is 219 g/mol. The van der Waals surface area contributed by atoms with Gasteiger partial charge in [0.25, 0.3) is 0 Å². The van der Waals surface area contributed by atoms with Crippen LogP contribution in [0, 0.1) is 11.7 Å². The summed E-state index contributed by atoms with van der Waals surface area (Å²) in [5, 5.41) is 3.26. The van der Waals surface area contributed by atoms with Gasteiger partial charge in [0, 0.05) is 18.8 Å². The monoisotopic (exact) mass is 236 g/mol. The molecule has 1 aliphatic heterocycles. The fraction of sp³-hybridized carbons (Fsp3) is 0.462. The predicted molar refractivity (Wildman–Crippen MR) is 65.4 cm³/mol. The average molecular weight is 236 g/mol. The van der Waals surface area contributed by atoms with E-state index >= 15 is 0 Å². The molecule has 4 heteroatoms. The first-order valence-corrected chi connectivity index (χ1v) is 5.86. The van der Waals surface area contributed by atoms with Crippen molar-refractivity contribution in [1.82, 2.24) is 5.32 Å². The molecule has 0 aromatic heterocycles. The van der Waals surface area contributed by atoms with Crippen LogP contribution in [0.5, 0.6) is 0 Å². The minimum atomic E-state index is -0.287. The minimum absolute atomic E-state index is 0.0186. The van der Waals surface area contributed by atoms with Crippen molar-refractivity contribution in [2.24, 2.45) is 5.92 Å². The molecule has 1 aromatic carbocycles. The first kappa shape index (κ1) is 12.0. The molecule has 1 aromatic rings. The lowest BCUT2D eigenvalue weighted by Crippen LogP contribution is -2.38. The zero-order chi connectivity index (χ0) is 12.4. The number of rotatable bonds is 2. The molecule has 0 aliphatic carbocycles. The molecule has 0 saturated carbocycles. The van der Waals surface area contributed by atoms with Crippen LogP contribution < -0.4 is 10.2 Å². The molecule has 92 valence electrons. The summed E-state index contributed by atoms with van der Waals surface area (Å²) >= 11 is 0. The number of carbonyl (C=O) groups is 1. The molecule has 1 saturated heterocycles. The lowest BCUT2D eigenvalue weighted by atomic mass is 10.0. The van der Waals surface area contributed by atoms with Gasteiger partial charge in [-0.05, 0) is 44.2 Å². The largest absolute Gasteiger partial charge is 0.315 e. The van der Waals surface area contributed by atoms with Crippen LogP contribution in [0.4, 0.5) is 10.1 Å². The Kier molecular flexibility index (Phi) is 3.43. The van der Waals surface area contributed by atoms with Crippen LogP contribution in [0.25, 0.3) is 0 Å². The quantitative estimate of drug-likeness (QED) is 0.849. The average Bonchev–Trinajstić information content (AvgIpc) is 2.74. The van der Waals surface area contributed by atoms with Crippen LogP contribution in [0.3, 0.4) is 0 Å². The van der Waals surface area contributed by atoms with Gasteiger partial charge in [0.1, 0.15) is 5.82 Å². The lowest BCUT2D eigenvalue weighted by molar-refractivity contribution is -0.122. The van der Waals surface area contributed by atoms with Crippen molar-refractivity contribution in [2.75, 3.05) is 18.5 Å². The van der Waals surface area contributed by atoms with Crippen molar-refractivity contribution in [2.45, 2.75) is 19.4 Å². The predicted octanol–water partition coefficient (Wildman–Crippen LogP) is 1.79. The molecule has 1 amide bonds. The van der Waals surface area contributed by atoms with Crippen LogP contribution in [0.15, 0.2) is 24.3 Å². The maximum atomic E-state index is 12.8. The standard InChI is InChI=1S/C13H17FN2O/c1-9-12(7-8-15-9)13(17)16(2)11-5-3-10(14)4-6-11/h3-6,9,12,15H,7-8H2,1-2H3. The van der Waals surface area contributed by atoms with Gasteiger partial charge >= 0.3 is 0 Å². The van der Waals surface area contributed by atoms with Crippen molar-refractivity contribution in [3.63, 3.8) is 0 Å². The van der Waals surface area contributed by atoms with E-state index in [1.54, 1.807) is 24.1 Å². The van der Waals surface area contributed by atoms with E-state index in [0.717, 1.165) is 18.7 Å². The molecular formula is C13H17FN2O. The molecule has 1 aliphatic rings. The number of carbonyl (C=O) groups excluding carboxylic acids is 1. The highest BCUT2D eigenvalue weighted by Crippen LogP contribution is 2.21. The molecule has 17 heavy (non-hydrogen) atoms. The maximum absolute atomic E-state index is 12.8. The third-order valence-electron chi connectivity index (χ3n) is 3.39. The van der Waals surface area contributed by atoms with E-state index < -0.39 is 0 Å². The summed E-state index contributed by atoms with van der Waals surface area (Å²) in [6.45, 7) is 2.91. The Morgan fingerprint density at radius 3 is 2.59 bits per heavy atom. The van der Waals surface area contributed by atoms with Crippen LogP contribution in [-0.2, 0) is 4.79 Å². The van der Waals surface area contributed by atoms with Gasteiger partial charge in [-0.25, -0.2) is 4.39 Å². The lowest BCUT2D eigenvalue weighted by Gasteiger charge is -2.23. The summed E-state index contributed by atoms with van der Waals surface area (Å²) in [4.78, 5) is 13.8. The number of nitrogens with zero attached hydrogens (tertiary/aromatic N) is 1. The van der Waals surface area contributed by atoms with E-state index in [0.29, 0.717) is 0 Å². The summed E-state index contributed by atoms with van der Waals surface area (Å²) in [5.74, 6) is -0.176. The highest BCUT2D eigenvalue weighted by Gasteiger charge is 2.31. The van der Waals surface area contributed by atoms with Crippen molar-refractivity contribution in [3.8, 4) is 0 Å². The van der Waals surface area contributed by atoms with Gasteiger partial charge < -0.3 is 10.2 Å². The fourth-order valence-electron chi connectivity index (χ4n) is 2.24. The van der Waals surface area contributed by atoms with E-state index in [1.165, 1.54) is 12.1 Å². The smallest absolute Gasteiger partial charge is 0.231 e. The molecule has 1 heterocycles.